The van der Waals surface area contributed by atoms with Crippen LogP contribution in [0, 0.1) is 5.41 Å². The number of amidine groups is 1. The second-order valence-corrected chi connectivity index (χ2v) is 4.94. The summed E-state index contributed by atoms with van der Waals surface area (Å²) in [5, 5.41) is 11.4. The second-order valence-electron chi connectivity index (χ2n) is 4.94. The first-order valence-electron chi connectivity index (χ1n) is 6.78. The van der Waals surface area contributed by atoms with Gasteiger partial charge in [-0.2, -0.15) is 0 Å². The first kappa shape index (κ1) is 14.3. The molecule has 0 amide bonds. The van der Waals surface area contributed by atoms with Gasteiger partial charge in [0.2, 0.25) is 0 Å². The molecule has 0 bridgehead atoms. The zero-order chi connectivity index (χ0) is 14.5. The lowest BCUT2D eigenvalue weighted by atomic mass is 10.1. The van der Waals surface area contributed by atoms with Gasteiger partial charge < -0.3 is 9.73 Å². The molecule has 1 heterocycles. The molecule has 2 aromatic rings. The van der Waals surface area contributed by atoms with Gasteiger partial charge in [-0.1, -0.05) is 37.3 Å². The highest BCUT2D eigenvalue weighted by molar-refractivity contribution is 6.00. The van der Waals surface area contributed by atoms with Gasteiger partial charge in [0.1, 0.15) is 0 Å². The summed E-state index contributed by atoms with van der Waals surface area (Å²) < 4.78 is 5.50. The van der Waals surface area contributed by atoms with Crippen LogP contribution < -0.4 is 5.32 Å². The Hall–Kier alpha value is -2.07. The van der Waals surface area contributed by atoms with E-state index in [0.717, 1.165) is 17.5 Å². The predicted octanol–water partition coefficient (Wildman–Crippen LogP) is 3.16. The van der Waals surface area contributed by atoms with Crippen LogP contribution in [-0.2, 0) is 0 Å². The molecule has 20 heavy (non-hydrogen) atoms. The number of hydrogen-bond donors (Lipinski definition) is 2. The molecule has 4 nitrogen and oxygen atoms in total. The zero-order valence-corrected chi connectivity index (χ0v) is 12.2. The molecule has 0 aliphatic heterocycles. The quantitative estimate of drug-likeness (QED) is 0.499. The Morgan fingerprint density at radius 2 is 1.95 bits per heavy atom. The van der Waals surface area contributed by atoms with Crippen LogP contribution in [0.4, 0.5) is 0 Å². The van der Waals surface area contributed by atoms with E-state index in [1.165, 1.54) is 0 Å². The van der Waals surface area contributed by atoms with Gasteiger partial charge in [-0.15, -0.1) is 0 Å². The number of hydrogen-bond acceptors (Lipinski definition) is 3. The molecule has 1 aromatic heterocycles. The van der Waals surface area contributed by atoms with E-state index in [-0.39, 0.29) is 6.17 Å². The van der Waals surface area contributed by atoms with Crippen LogP contribution in [0.25, 0.3) is 11.1 Å². The van der Waals surface area contributed by atoms with E-state index >= 15 is 0 Å². The van der Waals surface area contributed by atoms with Crippen molar-refractivity contribution in [2.24, 2.45) is 0 Å². The lowest BCUT2D eigenvalue weighted by molar-refractivity contribution is 0.267. The number of furan rings is 1. The standard InChI is InChI=1S/C16H21N3O/c1-4-14(19(2)3)18-16(17)15-13(10-11-20-15)12-8-6-5-7-9-12/h5-11,14H,4H2,1-3H3,(H2,17,18). The van der Waals surface area contributed by atoms with Crippen molar-refractivity contribution in [3.63, 3.8) is 0 Å². The van der Waals surface area contributed by atoms with Crippen LogP contribution in [0.3, 0.4) is 0 Å². The Morgan fingerprint density at radius 1 is 1.25 bits per heavy atom. The summed E-state index contributed by atoms with van der Waals surface area (Å²) in [7, 11) is 3.99. The van der Waals surface area contributed by atoms with Crippen molar-refractivity contribution in [2.75, 3.05) is 14.1 Å². The SMILES string of the molecule is CCC(NC(=N)c1occc1-c1ccccc1)N(C)C. The van der Waals surface area contributed by atoms with Crippen molar-refractivity contribution >= 4 is 5.84 Å². The lowest BCUT2D eigenvalue weighted by Gasteiger charge is -2.24. The maximum atomic E-state index is 8.23. The van der Waals surface area contributed by atoms with Gasteiger partial charge >= 0.3 is 0 Å². The Bertz CT molecular complexity index is 560. The number of benzene rings is 1. The van der Waals surface area contributed by atoms with E-state index in [2.05, 4.69) is 17.1 Å². The van der Waals surface area contributed by atoms with Crippen LogP contribution in [0.2, 0.25) is 0 Å². The molecular weight excluding hydrogens is 250 g/mol. The van der Waals surface area contributed by atoms with Gasteiger partial charge in [-0.05, 0) is 32.1 Å². The summed E-state index contributed by atoms with van der Waals surface area (Å²) in [6, 6.07) is 11.9. The third-order valence-corrected chi connectivity index (χ3v) is 3.30. The molecule has 2 rings (SSSR count). The molecule has 0 aliphatic carbocycles. The summed E-state index contributed by atoms with van der Waals surface area (Å²) in [4.78, 5) is 2.06. The van der Waals surface area contributed by atoms with Gasteiger partial charge in [0.15, 0.2) is 11.6 Å². The zero-order valence-electron chi connectivity index (χ0n) is 12.2. The predicted molar refractivity (Wildman–Crippen MR) is 81.9 cm³/mol. The van der Waals surface area contributed by atoms with Crippen LogP contribution in [0.1, 0.15) is 19.1 Å². The molecule has 1 aromatic carbocycles. The first-order valence-corrected chi connectivity index (χ1v) is 6.78. The highest BCUT2D eigenvalue weighted by Gasteiger charge is 2.17. The average Bonchev–Trinajstić information content (AvgIpc) is 2.94. The lowest BCUT2D eigenvalue weighted by Crippen LogP contribution is -2.44. The van der Waals surface area contributed by atoms with Crippen LogP contribution >= 0.6 is 0 Å². The summed E-state index contributed by atoms with van der Waals surface area (Å²) in [5.74, 6) is 0.894. The fraction of sp³-hybridized carbons (Fsp3) is 0.312. The van der Waals surface area contributed by atoms with Crippen molar-refractivity contribution in [3.8, 4) is 11.1 Å². The first-order chi connectivity index (χ1) is 9.63. The van der Waals surface area contributed by atoms with Crippen molar-refractivity contribution in [1.82, 2.24) is 10.2 Å². The molecule has 1 atom stereocenters. The van der Waals surface area contributed by atoms with E-state index in [0.29, 0.717) is 11.6 Å². The summed E-state index contributed by atoms with van der Waals surface area (Å²) in [6.07, 6.45) is 2.66. The van der Waals surface area contributed by atoms with E-state index in [1.54, 1.807) is 6.26 Å². The summed E-state index contributed by atoms with van der Waals surface area (Å²) >= 11 is 0. The van der Waals surface area contributed by atoms with Gasteiger partial charge in [0, 0.05) is 5.56 Å². The van der Waals surface area contributed by atoms with Crippen molar-refractivity contribution in [3.05, 3.63) is 48.4 Å². The van der Waals surface area contributed by atoms with Crippen LogP contribution in [0.5, 0.6) is 0 Å². The Labute approximate surface area is 119 Å². The molecule has 0 aliphatic rings. The molecule has 4 heteroatoms. The van der Waals surface area contributed by atoms with Gasteiger partial charge in [0.05, 0.1) is 12.4 Å². The Kier molecular flexibility index (Phi) is 4.58. The van der Waals surface area contributed by atoms with Crippen LogP contribution in [-0.4, -0.2) is 31.0 Å². The topological polar surface area (TPSA) is 52.3 Å². The molecular formula is C16H21N3O. The number of nitrogens with zero attached hydrogens (tertiary/aromatic N) is 1. The normalized spacial score (nSPS) is 12.4. The average molecular weight is 271 g/mol. The molecule has 106 valence electrons. The Balaban J connectivity index is 2.22. The molecule has 0 radical (unpaired) electrons. The molecule has 0 saturated carbocycles. The van der Waals surface area contributed by atoms with Gasteiger partial charge in [-0.25, -0.2) is 0 Å². The van der Waals surface area contributed by atoms with Crippen molar-refractivity contribution in [2.45, 2.75) is 19.5 Å². The Morgan fingerprint density at radius 3 is 2.55 bits per heavy atom. The number of nitrogens with one attached hydrogen (secondary N) is 2. The van der Waals surface area contributed by atoms with Gasteiger partial charge in [0.25, 0.3) is 0 Å². The van der Waals surface area contributed by atoms with E-state index in [9.17, 15) is 0 Å². The van der Waals surface area contributed by atoms with Crippen LogP contribution in [0.15, 0.2) is 47.1 Å². The largest absolute Gasteiger partial charge is 0.460 e. The second kappa shape index (κ2) is 6.39. The maximum absolute atomic E-state index is 8.23. The van der Waals surface area contributed by atoms with Crippen molar-refractivity contribution in [1.29, 1.82) is 5.41 Å². The molecule has 2 N–H and O–H groups in total. The third-order valence-electron chi connectivity index (χ3n) is 3.30. The van der Waals surface area contributed by atoms with Gasteiger partial charge in [-0.3, -0.25) is 10.3 Å². The highest BCUT2D eigenvalue weighted by Crippen LogP contribution is 2.24. The smallest absolute Gasteiger partial charge is 0.176 e. The van der Waals surface area contributed by atoms with E-state index in [4.69, 9.17) is 9.83 Å². The highest BCUT2D eigenvalue weighted by atomic mass is 16.3. The minimum Gasteiger partial charge on any atom is -0.460 e. The molecule has 0 saturated heterocycles. The fourth-order valence-electron chi connectivity index (χ4n) is 2.18. The molecule has 0 fully saturated rings. The summed E-state index contributed by atoms with van der Waals surface area (Å²) in [6.45, 7) is 2.09. The van der Waals surface area contributed by atoms with E-state index < -0.39 is 0 Å². The maximum Gasteiger partial charge on any atom is 0.176 e. The number of rotatable bonds is 5. The third kappa shape index (κ3) is 3.08. The summed E-state index contributed by atoms with van der Waals surface area (Å²) in [5.41, 5.74) is 2.00. The van der Waals surface area contributed by atoms with Crippen molar-refractivity contribution < 1.29 is 4.42 Å². The monoisotopic (exact) mass is 271 g/mol. The molecule has 1 unspecified atom stereocenters. The molecule has 0 spiro atoms. The minimum absolute atomic E-state index is 0.122. The van der Waals surface area contributed by atoms with E-state index in [1.807, 2.05) is 50.5 Å². The minimum atomic E-state index is 0.122. The fourth-order valence-corrected chi connectivity index (χ4v) is 2.18.